The number of rotatable bonds is 4. The monoisotopic (exact) mass is 344 g/mol. The molecule has 0 aliphatic carbocycles. The molecule has 0 saturated carbocycles. The second-order valence-electron chi connectivity index (χ2n) is 6.11. The Hall–Kier alpha value is -2.96. The zero-order chi connectivity index (χ0) is 18.1. The van der Waals surface area contributed by atoms with E-state index >= 15 is 0 Å². The number of aliphatic hydroxyl groups is 1. The van der Waals surface area contributed by atoms with Crippen molar-refractivity contribution in [2.75, 3.05) is 6.54 Å². The Balaban J connectivity index is 1.92. The van der Waals surface area contributed by atoms with Crippen LogP contribution in [0.1, 0.15) is 30.9 Å². The number of oxazole rings is 1. The molecule has 0 spiro atoms. The van der Waals surface area contributed by atoms with E-state index in [1.807, 2.05) is 0 Å². The molecule has 1 aliphatic rings. The van der Waals surface area contributed by atoms with Crippen molar-refractivity contribution in [2.24, 2.45) is 0 Å². The number of halogens is 1. The van der Waals surface area contributed by atoms with E-state index in [9.17, 15) is 19.1 Å². The number of nitrogens with zero attached hydrogens (tertiary/aromatic N) is 2. The van der Waals surface area contributed by atoms with Crippen molar-refractivity contribution >= 4 is 17.4 Å². The molecule has 0 bridgehead atoms. The molecule has 7 heteroatoms. The third-order valence-electron chi connectivity index (χ3n) is 4.11. The fourth-order valence-electron chi connectivity index (χ4n) is 2.69. The summed E-state index contributed by atoms with van der Waals surface area (Å²) in [5, 5.41) is 10.5. The van der Waals surface area contributed by atoms with Crippen LogP contribution in [0.25, 0.3) is 5.76 Å². The molecule has 130 valence electrons. The van der Waals surface area contributed by atoms with E-state index in [0.717, 1.165) is 12.0 Å². The molecule has 1 saturated heterocycles. The average molecular weight is 344 g/mol. The number of carbonyl (C=O) groups excluding carboxylic acids is 2. The highest BCUT2D eigenvalue weighted by molar-refractivity contribution is 6.46. The largest absolute Gasteiger partial charge is 0.505 e. The quantitative estimate of drug-likeness (QED) is 0.523. The Bertz CT molecular complexity index is 852. The smallest absolute Gasteiger partial charge is 0.295 e. The van der Waals surface area contributed by atoms with Crippen LogP contribution in [0, 0.1) is 5.82 Å². The first-order valence-electron chi connectivity index (χ1n) is 7.83. The summed E-state index contributed by atoms with van der Waals surface area (Å²) in [6.45, 7) is 3.62. The van der Waals surface area contributed by atoms with Gasteiger partial charge in [0, 0.05) is 12.5 Å². The fourth-order valence-corrected chi connectivity index (χ4v) is 2.69. The minimum atomic E-state index is -0.734. The number of carbonyl (C=O) groups is 2. The van der Waals surface area contributed by atoms with Crippen molar-refractivity contribution in [3.8, 4) is 0 Å². The minimum absolute atomic E-state index is 0.00737. The molecule has 2 heterocycles. The number of likely N-dealkylation sites (tertiary alicyclic amines) is 1. The zero-order valence-electron chi connectivity index (χ0n) is 13.8. The van der Waals surface area contributed by atoms with Crippen molar-refractivity contribution in [3.05, 3.63) is 59.1 Å². The molecule has 3 rings (SSSR count). The maximum atomic E-state index is 13.0. The van der Waals surface area contributed by atoms with Gasteiger partial charge >= 0.3 is 0 Å². The normalized spacial score (nSPS) is 16.9. The SMILES string of the molecule is CC(C)N1CC(=C(O)c2ncoc2Cc2ccc(F)cc2)C(=O)C1=O. The lowest BCUT2D eigenvalue weighted by Crippen LogP contribution is -2.33. The minimum Gasteiger partial charge on any atom is -0.505 e. The highest BCUT2D eigenvalue weighted by Gasteiger charge is 2.38. The second kappa shape index (κ2) is 6.51. The highest BCUT2D eigenvalue weighted by Crippen LogP contribution is 2.26. The lowest BCUT2D eigenvalue weighted by Gasteiger charge is -2.18. The highest BCUT2D eigenvalue weighted by atomic mass is 19.1. The van der Waals surface area contributed by atoms with Crippen molar-refractivity contribution in [1.29, 1.82) is 0 Å². The topological polar surface area (TPSA) is 83.6 Å². The summed E-state index contributed by atoms with van der Waals surface area (Å²) >= 11 is 0. The maximum absolute atomic E-state index is 13.0. The van der Waals surface area contributed by atoms with Gasteiger partial charge in [-0.15, -0.1) is 0 Å². The summed E-state index contributed by atoms with van der Waals surface area (Å²) in [5.74, 6) is -1.75. The third kappa shape index (κ3) is 3.17. The van der Waals surface area contributed by atoms with Gasteiger partial charge in [0.2, 0.25) is 0 Å². The van der Waals surface area contributed by atoms with Crippen LogP contribution in [-0.2, 0) is 16.0 Å². The fraction of sp³-hybridized carbons (Fsp3) is 0.278. The van der Waals surface area contributed by atoms with Crippen LogP contribution in [0.5, 0.6) is 0 Å². The third-order valence-corrected chi connectivity index (χ3v) is 4.11. The van der Waals surface area contributed by atoms with Crippen molar-refractivity contribution in [1.82, 2.24) is 9.88 Å². The van der Waals surface area contributed by atoms with E-state index in [2.05, 4.69) is 4.98 Å². The number of benzene rings is 1. The molecule has 2 aromatic rings. The van der Waals surface area contributed by atoms with Gasteiger partial charge in [-0.25, -0.2) is 9.37 Å². The van der Waals surface area contributed by atoms with Gasteiger partial charge < -0.3 is 14.4 Å². The lowest BCUT2D eigenvalue weighted by atomic mass is 10.1. The van der Waals surface area contributed by atoms with E-state index < -0.39 is 11.7 Å². The zero-order valence-corrected chi connectivity index (χ0v) is 13.8. The van der Waals surface area contributed by atoms with E-state index in [1.54, 1.807) is 26.0 Å². The number of amides is 1. The summed E-state index contributed by atoms with van der Waals surface area (Å²) in [6, 6.07) is 5.68. The Morgan fingerprint density at radius 1 is 1.32 bits per heavy atom. The van der Waals surface area contributed by atoms with E-state index in [-0.39, 0.29) is 41.9 Å². The standard InChI is InChI=1S/C18H17FN2O4/c1-10(2)21-8-13(17(23)18(21)24)16(22)15-14(25-9-20-15)7-11-3-5-12(19)6-4-11/h3-6,9-10,22H,7-8H2,1-2H3. The predicted octanol–water partition coefficient (Wildman–Crippen LogP) is 2.49. The number of aliphatic hydroxyl groups excluding tert-OH is 1. The number of ketones is 1. The number of hydrogen-bond donors (Lipinski definition) is 1. The van der Waals surface area contributed by atoms with Gasteiger partial charge in [-0.3, -0.25) is 9.59 Å². The van der Waals surface area contributed by atoms with Crippen molar-refractivity contribution in [3.63, 3.8) is 0 Å². The van der Waals surface area contributed by atoms with Gasteiger partial charge in [0.05, 0.1) is 12.1 Å². The molecule has 1 aromatic heterocycles. The van der Waals surface area contributed by atoms with Crippen LogP contribution in [0.15, 0.2) is 40.6 Å². The van der Waals surface area contributed by atoms with E-state index in [1.165, 1.54) is 17.0 Å². The van der Waals surface area contributed by atoms with Crippen LogP contribution in [-0.4, -0.2) is 39.3 Å². The summed E-state index contributed by atoms with van der Waals surface area (Å²) in [5.41, 5.74) is 0.883. The van der Waals surface area contributed by atoms with Gasteiger partial charge in [-0.2, -0.15) is 0 Å². The van der Waals surface area contributed by atoms with Crippen LogP contribution >= 0.6 is 0 Å². The average Bonchev–Trinajstić information content (AvgIpc) is 3.15. The van der Waals surface area contributed by atoms with E-state index in [0.29, 0.717) is 5.76 Å². The van der Waals surface area contributed by atoms with Crippen LogP contribution < -0.4 is 0 Å². The Kier molecular flexibility index (Phi) is 4.39. The molecule has 0 radical (unpaired) electrons. The van der Waals surface area contributed by atoms with Crippen LogP contribution in [0.2, 0.25) is 0 Å². The molecule has 1 fully saturated rings. The van der Waals surface area contributed by atoms with E-state index in [4.69, 9.17) is 4.42 Å². The Labute approximate surface area is 143 Å². The first-order chi connectivity index (χ1) is 11.9. The van der Waals surface area contributed by atoms with Gasteiger partial charge in [0.1, 0.15) is 17.3 Å². The molecule has 1 aromatic carbocycles. The maximum Gasteiger partial charge on any atom is 0.295 e. The molecule has 0 unspecified atom stereocenters. The Morgan fingerprint density at radius 2 is 2.00 bits per heavy atom. The van der Waals surface area contributed by atoms with Crippen molar-refractivity contribution in [2.45, 2.75) is 26.3 Å². The summed E-state index contributed by atoms with van der Waals surface area (Å²) in [7, 11) is 0. The first kappa shape index (κ1) is 16.9. The molecule has 0 atom stereocenters. The molecular formula is C18H17FN2O4. The van der Waals surface area contributed by atoms with Crippen LogP contribution in [0.3, 0.4) is 0 Å². The number of aromatic nitrogens is 1. The molecular weight excluding hydrogens is 327 g/mol. The number of hydrogen-bond acceptors (Lipinski definition) is 5. The summed E-state index contributed by atoms with van der Waals surface area (Å²) in [4.78, 5) is 29.5. The van der Waals surface area contributed by atoms with Gasteiger partial charge in [-0.1, -0.05) is 12.1 Å². The molecule has 1 aliphatic heterocycles. The number of Topliss-reactive ketones (excluding diaryl/α,β-unsaturated/α-hetero) is 1. The van der Waals surface area contributed by atoms with Crippen molar-refractivity contribution < 1.29 is 23.5 Å². The molecule has 1 amide bonds. The lowest BCUT2D eigenvalue weighted by molar-refractivity contribution is -0.140. The predicted molar refractivity (Wildman–Crippen MR) is 87.1 cm³/mol. The van der Waals surface area contributed by atoms with Gasteiger partial charge in [0.15, 0.2) is 12.2 Å². The van der Waals surface area contributed by atoms with Crippen LogP contribution in [0.4, 0.5) is 4.39 Å². The molecule has 1 N–H and O–H groups in total. The summed E-state index contributed by atoms with van der Waals surface area (Å²) in [6.07, 6.45) is 1.43. The second-order valence-corrected chi connectivity index (χ2v) is 6.11. The Morgan fingerprint density at radius 3 is 2.60 bits per heavy atom. The van der Waals surface area contributed by atoms with Gasteiger partial charge in [0.25, 0.3) is 11.7 Å². The molecule has 25 heavy (non-hydrogen) atoms. The first-order valence-corrected chi connectivity index (χ1v) is 7.83. The van der Waals surface area contributed by atoms with Gasteiger partial charge in [-0.05, 0) is 31.5 Å². The molecule has 6 nitrogen and oxygen atoms in total. The summed E-state index contributed by atoms with van der Waals surface area (Å²) < 4.78 is 18.3.